The molecule has 1 aromatic rings. The van der Waals surface area contributed by atoms with Crippen molar-refractivity contribution in [2.75, 3.05) is 40.4 Å². The maximum Gasteiger partial charge on any atom is 0.161 e. The van der Waals surface area contributed by atoms with Gasteiger partial charge in [0.15, 0.2) is 11.5 Å². The molecule has 0 spiro atoms. The fourth-order valence-corrected chi connectivity index (χ4v) is 3.08. The predicted octanol–water partition coefficient (Wildman–Crippen LogP) is 2.76. The lowest BCUT2D eigenvalue weighted by Gasteiger charge is -2.28. The highest BCUT2D eigenvalue weighted by Gasteiger charge is 2.16. The highest BCUT2D eigenvalue weighted by molar-refractivity contribution is 5.43. The van der Waals surface area contributed by atoms with Crippen molar-refractivity contribution in [3.63, 3.8) is 0 Å². The number of ether oxygens (including phenoxy) is 2. The largest absolute Gasteiger partial charge is 0.493 e. The van der Waals surface area contributed by atoms with Gasteiger partial charge in [0.1, 0.15) is 12.7 Å². The van der Waals surface area contributed by atoms with E-state index in [4.69, 9.17) is 9.47 Å². The lowest BCUT2D eigenvalue weighted by Crippen LogP contribution is -2.38. The van der Waals surface area contributed by atoms with Crippen molar-refractivity contribution in [3.8, 4) is 11.5 Å². The van der Waals surface area contributed by atoms with Crippen molar-refractivity contribution in [2.45, 2.75) is 51.8 Å². The molecule has 0 aromatic heterocycles. The number of hydrogen-bond acceptors (Lipinski definition) is 5. The second kappa shape index (κ2) is 10.00. The number of β-amino-alcohol motifs (C(OH)–C–C–N with tert-alkyl or cyclic N) is 1. The van der Waals surface area contributed by atoms with Crippen LogP contribution in [0.15, 0.2) is 18.2 Å². The number of aliphatic hydroxyl groups is 1. The van der Waals surface area contributed by atoms with Crippen molar-refractivity contribution < 1.29 is 14.6 Å². The Morgan fingerprint density at radius 2 is 1.88 bits per heavy atom. The molecule has 0 unspecified atom stereocenters. The van der Waals surface area contributed by atoms with Crippen LogP contribution in [0.3, 0.4) is 0 Å². The number of piperidine rings is 1. The van der Waals surface area contributed by atoms with Crippen LogP contribution in [0.25, 0.3) is 0 Å². The van der Waals surface area contributed by atoms with Crippen LogP contribution in [0.1, 0.15) is 38.7 Å². The number of nitrogens with zero attached hydrogens (tertiary/aromatic N) is 2. The van der Waals surface area contributed by atoms with Gasteiger partial charge in [0.2, 0.25) is 0 Å². The minimum absolute atomic E-state index is 0.288. The maximum atomic E-state index is 10.3. The summed E-state index contributed by atoms with van der Waals surface area (Å²) in [6.45, 7) is 8.34. The summed E-state index contributed by atoms with van der Waals surface area (Å²) in [6.07, 6.45) is 3.28. The van der Waals surface area contributed by atoms with E-state index in [9.17, 15) is 5.11 Å². The van der Waals surface area contributed by atoms with Gasteiger partial charge in [-0.05, 0) is 64.5 Å². The molecule has 0 saturated carbocycles. The summed E-state index contributed by atoms with van der Waals surface area (Å²) >= 11 is 0. The van der Waals surface area contributed by atoms with Gasteiger partial charge in [0.25, 0.3) is 0 Å². The lowest BCUT2D eigenvalue weighted by molar-refractivity contribution is 0.0608. The Balaban J connectivity index is 1.92. The van der Waals surface area contributed by atoms with Crippen LogP contribution in [0, 0.1) is 0 Å². The monoisotopic (exact) mass is 350 g/mol. The van der Waals surface area contributed by atoms with E-state index in [0.717, 1.165) is 19.6 Å². The van der Waals surface area contributed by atoms with Crippen LogP contribution in [-0.4, -0.2) is 67.5 Å². The number of methoxy groups -OCH3 is 1. The first kappa shape index (κ1) is 20.0. The quantitative estimate of drug-likeness (QED) is 0.742. The molecule has 142 valence electrons. The first-order chi connectivity index (χ1) is 12.0. The standard InChI is InChI=1S/C20H34N2O3/c1-16(2)21(3)13-17-8-9-19(24-4)20(12-17)25-15-18(23)14-22-10-6-5-7-11-22/h8-9,12,16,18,23H,5-7,10-11,13-15H2,1-4H3/t18-/m1/s1. The van der Waals surface area contributed by atoms with E-state index in [-0.39, 0.29) is 6.61 Å². The van der Waals surface area contributed by atoms with Gasteiger partial charge in [-0.25, -0.2) is 0 Å². The van der Waals surface area contributed by atoms with Crippen LogP contribution in [0.5, 0.6) is 11.5 Å². The Bertz CT molecular complexity index is 516. The molecule has 1 fully saturated rings. The van der Waals surface area contributed by atoms with E-state index >= 15 is 0 Å². The number of aliphatic hydroxyl groups excluding tert-OH is 1. The van der Waals surface area contributed by atoms with Gasteiger partial charge in [-0.3, -0.25) is 4.90 Å². The Kier molecular flexibility index (Phi) is 8.00. The Morgan fingerprint density at radius 3 is 2.52 bits per heavy atom. The minimum atomic E-state index is -0.482. The van der Waals surface area contributed by atoms with Crippen molar-refractivity contribution >= 4 is 0 Å². The molecular weight excluding hydrogens is 316 g/mol. The predicted molar refractivity (Wildman–Crippen MR) is 101 cm³/mol. The van der Waals surface area contributed by atoms with E-state index in [0.29, 0.717) is 24.1 Å². The van der Waals surface area contributed by atoms with E-state index in [1.165, 1.54) is 24.8 Å². The summed E-state index contributed by atoms with van der Waals surface area (Å²) in [6, 6.07) is 6.51. The molecule has 25 heavy (non-hydrogen) atoms. The van der Waals surface area contributed by atoms with Crippen LogP contribution in [0.4, 0.5) is 0 Å². The zero-order valence-corrected chi connectivity index (χ0v) is 16.2. The number of hydrogen-bond donors (Lipinski definition) is 1. The molecule has 1 N–H and O–H groups in total. The zero-order valence-electron chi connectivity index (χ0n) is 16.2. The highest BCUT2D eigenvalue weighted by atomic mass is 16.5. The van der Waals surface area contributed by atoms with Crippen molar-refractivity contribution in [2.24, 2.45) is 0 Å². The summed E-state index contributed by atoms with van der Waals surface area (Å²) in [5.74, 6) is 1.41. The second-order valence-corrected chi connectivity index (χ2v) is 7.32. The average Bonchev–Trinajstić information content (AvgIpc) is 2.61. The summed E-state index contributed by atoms with van der Waals surface area (Å²) < 4.78 is 11.3. The first-order valence-electron chi connectivity index (χ1n) is 9.40. The maximum absolute atomic E-state index is 10.3. The van der Waals surface area contributed by atoms with Crippen molar-refractivity contribution in [1.82, 2.24) is 9.80 Å². The molecular formula is C20H34N2O3. The topological polar surface area (TPSA) is 45.2 Å². The van der Waals surface area contributed by atoms with Crippen LogP contribution in [0.2, 0.25) is 0 Å². The summed E-state index contributed by atoms with van der Waals surface area (Å²) in [4.78, 5) is 4.60. The van der Waals surface area contributed by atoms with E-state index < -0.39 is 6.10 Å². The molecule has 5 nitrogen and oxygen atoms in total. The summed E-state index contributed by atoms with van der Waals surface area (Å²) in [7, 11) is 3.75. The Labute approximate surface area is 152 Å². The van der Waals surface area contributed by atoms with Gasteiger partial charge < -0.3 is 19.5 Å². The third-order valence-electron chi connectivity index (χ3n) is 4.89. The van der Waals surface area contributed by atoms with Gasteiger partial charge in [-0.2, -0.15) is 0 Å². The SMILES string of the molecule is COc1ccc(CN(C)C(C)C)cc1OC[C@H](O)CN1CCCCC1. The zero-order chi connectivity index (χ0) is 18.2. The molecule has 1 heterocycles. The third kappa shape index (κ3) is 6.49. The molecule has 1 aliphatic rings. The second-order valence-electron chi connectivity index (χ2n) is 7.32. The van der Waals surface area contributed by atoms with Crippen molar-refractivity contribution in [1.29, 1.82) is 0 Å². The molecule has 0 bridgehead atoms. The molecule has 1 saturated heterocycles. The lowest BCUT2D eigenvalue weighted by atomic mass is 10.1. The van der Waals surface area contributed by atoms with E-state index in [2.05, 4.69) is 36.8 Å². The molecule has 2 rings (SSSR count). The summed E-state index contributed by atoms with van der Waals surface area (Å²) in [5.41, 5.74) is 1.18. The smallest absolute Gasteiger partial charge is 0.161 e. The van der Waals surface area contributed by atoms with Crippen LogP contribution >= 0.6 is 0 Å². The van der Waals surface area contributed by atoms with E-state index in [1.54, 1.807) is 7.11 Å². The average molecular weight is 351 g/mol. The van der Waals surface area contributed by atoms with Crippen LogP contribution in [-0.2, 0) is 6.54 Å². The molecule has 0 aliphatic carbocycles. The molecule has 0 amide bonds. The summed E-state index contributed by atoms with van der Waals surface area (Å²) in [5, 5.41) is 10.3. The van der Waals surface area contributed by atoms with Gasteiger partial charge in [-0.1, -0.05) is 12.5 Å². The molecule has 0 radical (unpaired) electrons. The van der Waals surface area contributed by atoms with Gasteiger partial charge in [0.05, 0.1) is 7.11 Å². The molecule has 1 aliphatic heterocycles. The number of likely N-dealkylation sites (tertiary alicyclic amines) is 1. The van der Waals surface area contributed by atoms with E-state index in [1.807, 2.05) is 12.1 Å². The highest BCUT2D eigenvalue weighted by Crippen LogP contribution is 2.29. The number of rotatable bonds is 9. The fraction of sp³-hybridized carbons (Fsp3) is 0.700. The van der Waals surface area contributed by atoms with Crippen molar-refractivity contribution in [3.05, 3.63) is 23.8 Å². The molecule has 1 aromatic carbocycles. The third-order valence-corrected chi connectivity index (χ3v) is 4.89. The van der Waals surface area contributed by atoms with Gasteiger partial charge in [-0.15, -0.1) is 0 Å². The van der Waals surface area contributed by atoms with Gasteiger partial charge in [0, 0.05) is 19.1 Å². The molecule has 1 atom stereocenters. The number of benzene rings is 1. The van der Waals surface area contributed by atoms with Gasteiger partial charge >= 0.3 is 0 Å². The molecule has 5 heteroatoms. The minimum Gasteiger partial charge on any atom is -0.493 e. The Hall–Kier alpha value is -1.30. The fourth-order valence-electron chi connectivity index (χ4n) is 3.08. The normalized spacial score (nSPS) is 17.1. The first-order valence-corrected chi connectivity index (χ1v) is 9.40. The Morgan fingerprint density at radius 1 is 1.16 bits per heavy atom. The van der Waals surface area contributed by atoms with Crippen LogP contribution < -0.4 is 9.47 Å².